The Balaban J connectivity index is 2.18. The van der Waals surface area contributed by atoms with E-state index in [0.717, 1.165) is 16.9 Å². The van der Waals surface area contributed by atoms with Crippen molar-refractivity contribution in [3.8, 4) is 11.5 Å². The lowest BCUT2D eigenvalue weighted by Gasteiger charge is -2.14. The van der Waals surface area contributed by atoms with Gasteiger partial charge in [0.15, 0.2) is 0 Å². The smallest absolute Gasteiger partial charge is 0.255 e. The number of hydrogen-bond donors (Lipinski definition) is 2. The molecule has 0 aliphatic carbocycles. The molecule has 2 rings (SSSR count). The van der Waals surface area contributed by atoms with Gasteiger partial charge in [-0.2, -0.15) is 0 Å². The number of anilines is 1. The number of nitrogen functional groups attached to an aromatic ring is 1. The fraction of sp³-hybridized carbons (Fsp3) is 0.278. The van der Waals surface area contributed by atoms with E-state index in [9.17, 15) is 4.79 Å². The van der Waals surface area contributed by atoms with Crippen molar-refractivity contribution in [2.45, 2.75) is 20.4 Å². The van der Waals surface area contributed by atoms with Gasteiger partial charge in [-0.15, -0.1) is 0 Å². The minimum Gasteiger partial charge on any atom is -0.496 e. The standard InChI is InChI=1S/C18H21ClN2O3/c1-4-24-16-7-11(2)5-6-12(16)10-21-18(22)13-8-14(19)15(20)9-17(13)23-3/h5-9H,4,10,20H2,1-3H3,(H,21,22). The molecule has 3 N–H and O–H groups in total. The zero-order chi connectivity index (χ0) is 17.7. The maximum atomic E-state index is 12.5. The second-order valence-electron chi connectivity index (χ2n) is 5.30. The van der Waals surface area contributed by atoms with Gasteiger partial charge < -0.3 is 20.5 Å². The van der Waals surface area contributed by atoms with Gasteiger partial charge in [-0.25, -0.2) is 0 Å². The average Bonchev–Trinajstić information content (AvgIpc) is 2.56. The van der Waals surface area contributed by atoms with Crippen LogP contribution >= 0.6 is 11.6 Å². The first-order valence-electron chi connectivity index (χ1n) is 7.59. The first kappa shape index (κ1) is 17.9. The van der Waals surface area contributed by atoms with Crippen LogP contribution in [0.4, 0.5) is 5.69 Å². The fourth-order valence-electron chi connectivity index (χ4n) is 2.28. The summed E-state index contributed by atoms with van der Waals surface area (Å²) >= 11 is 6.01. The lowest BCUT2D eigenvalue weighted by Crippen LogP contribution is -2.24. The van der Waals surface area contributed by atoms with Crippen LogP contribution in [0.25, 0.3) is 0 Å². The van der Waals surface area contributed by atoms with Gasteiger partial charge in [0.25, 0.3) is 5.91 Å². The number of amides is 1. The zero-order valence-electron chi connectivity index (χ0n) is 14.0. The first-order chi connectivity index (χ1) is 11.5. The van der Waals surface area contributed by atoms with Gasteiger partial charge in [0, 0.05) is 18.2 Å². The number of ether oxygens (including phenoxy) is 2. The minimum absolute atomic E-state index is 0.295. The van der Waals surface area contributed by atoms with Crippen LogP contribution < -0.4 is 20.5 Å². The van der Waals surface area contributed by atoms with Gasteiger partial charge in [0.05, 0.1) is 30.0 Å². The number of hydrogen-bond acceptors (Lipinski definition) is 4. The Bertz CT molecular complexity index is 747. The second-order valence-corrected chi connectivity index (χ2v) is 5.71. The summed E-state index contributed by atoms with van der Waals surface area (Å²) in [6.45, 7) is 4.81. The van der Waals surface area contributed by atoms with Crippen molar-refractivity contribution in [2.24, 2.45) is 0 Å². The molecular formula is C18H21ClN2O3. The molecule has 0 spiro atoms. The van der Waals surface area contributed by atoms with Crippen LogP contribution in [-0.4, -0.2) is 19.6 Å². The molecule has 5 nitrogen and oxygen atoms in total. The highest BCUT2D eigenvalue weighted by molar-refractivity contribution is 6.33. The number of nitrogens with two attached hydrogens (primary N) is 1. The summed E-state index contributed by atoms with van der Waals surface area (Å²) in [6, 6.07) is 8.91. The summed E-state index contributed by atoms with van der Waals surface area (Å²) < 4.78 is 10.8. The molecule has 0 fully saturated rings. The largest absolute Gasteiger partial charge is 0.496 e. The maximum absolute atomic E-state index is 12.5. The molecule has 1 amide bonds. The fourth-order valence-corrected chi connectivity index (χ4v) is 2.45. The minimum atomic E-state index is -0.295. The zero-order valence-corrected chi connectivity index (χ0v) is 14.7. The lowest BCUT2D eigenvalue weighted by molar-refractivity contribution is 0.0947. The highest BCUT2D eigenvalue weighted by Gasteiger charge is 2.15. The molecule has 0 bridgehead atoms. The summed E-state index contributed by atoms with van der Waals surface area (Å²) in [7, 11) is 1.48. The molecule has 128 valence electrons. The van der Waals surface area contributed by atoms with Gasteiger partial charge in [-0.1, -0.05) is 23.7 Å². The van der Waals surface area contributed by atoms with Crippen molar-refractivity contribution in [2.75, 3.05) is 19.5 Å². The normalized spacial score (nSPS) is 10.3. The van der Waals surface area contributed by atoms with Gasteiger partial charge in [0.1, 0.15) is 11.5 Å². The lowest BCUT2D eigenvalue weighted by atomic mass is 10.1. The van der Waals surface area contributed by atoms with E-state index in [0.29, 0.717) is 35.2 Å². The van der Waals surface area contributed by atoms with Crippen molar-refractivity contribution >= 4 is 23.2 Å². The maximum Gasteiger partial charge on any atom is 0.255 e. The van der Waals surface area contributed by atoms with Gasteiger partial charge >= 0.3 is 0 Å². The third-order valence-electron chi connectivity index (χ3n) is 3.53. The molecular weight excluding hydrogens is 328 g/mol. The van der Waals surface area contributed by atoms with Crippen LogP contribution in [0, 0.1) is 6.92 Å². The van der Waals surface area contributed by atoms with E-state index in [-0.39, 0.29) is 5.91 Å². The number of nitrogens with one attached hydrogen (secondary N) is 1. The number of halogens is 1. The van der Waals surface area contributed by atoms with E-state index in [1.54, 1.807) is 0 Å². The van der Waals surface area contributed by atoms with Crippen molar-refractivity contribution in [1.29, 1.82) is 0 Å². The Morgan fingerprint density at radius 3 is 2.67 bits per heavy atom. The monoisotopic (exact) mass is 348 g/mol. The Kier molecular flexibility index (Phi) is 5.93. The Morgan fingerprint density at radius 1 is 1.25 bits per heavy atom. The molecule has 24 heavy (non-hydrogen) atoms. The molecule has 0 aromatic heterocycles. The third-order valence-corrected chi connectivity index (χ3v) is 3.85. The predicted molar refractivity (Wildman–Crippen MR) is 95.9 cm³/mol. The van der Waals surface area contributed by atoms with Crippen molar-refractivity contribution in [3.63, 3.8) is 0 Å². The highest BCUT2D eigenvalue weighted by Crippen LogP contribution is 2.29. The van der Waals surface area contributed by atoms with Crippen LogP contribution in [0.5, 0.6) is 11.5 Å². The molecule has 2 aromatic rings. The number of rotatable bonds is 6. The molecule has 6 heteroatoms. The first-order valence-corrected chi connectivity index (χ1v) is 7.97. The van der Waals surface area contributed by atoms with Crippen LogP contribution in [-0.2, 0) is 6.54 Å². The number of aryl methyl sites for hydroxylation is 1. The Hall–Kier alpha value is -2.40. The SMILES string of the molecule is CCOc1cc(C)ccc1CNC(=O)c1cc(Cl)c(N)cc1OC. The van der Waals surface area contributed by atoms with Gasteiger partial charge in [0.2, 0.25) is 0 Å². The molecule has 0 saturated carbocycles. The predicted octanol–water partition coefficient (Wildman–Crippen LogP) is 3.57. The second kappa shape index (κ2) is 7.93. The molecule has 0 unspecified atom stereocenters. The van der Waals surface area contributed by atoms with Crippen LogP contribution in [0.2, 0.25) is 5.02 Å². The molecule has 2 aromatic carbocycles. The van der Waals surface area contributed by atoms with E-state index in [2.05, 4.69) is 5.32 Å². The number of methoxy groups -OCH3 is 1. The number of benzene rings is 2. The molecule has 0 radical (unpaired) electrons. The van der Waals surface area contributed by atoms with Crippen molar-refractivity contribution in [1.82, 2.24) is 5.32 Å². The van der Waals surface area contributed by atoms with E-state index in [1.165, 1.54) is 19.2 Å². The summed E-state index contributed by atoms with van der Waals surface area (Å²) in [6.07, 6.45) is 0. The van der Waals surface area contributed by atoms with E-state index in [4.69, 9.17) is 26.8 Å². The van der Waals surface area contributed by atoms with E-state index < -0.39 is 0 Å². The summed E-state index contributed by atoms with van der Waals surface area (Å²) in [5.74, 6) is 0.847. The number of carbonyl (C=O) groups is 1. The Morgan fingerprint density at radius 2 is 2.00 bits per heavy atom. The van der Waals surface area contributed by atoms with Crippen LogP contribution in [0.3, 0.4) is 0 Å². The summed E-state index contributed by atoms with van der Waals surface area (Å²) in [4.78, 5) is 12.5. The van der Waals surface area contributed by atoms with Crippen molar-refractivity contribution in [3.05, 3.63) is 52.0 Å². The van der Waals surface area contributed by atoms with E-state index in [1.807, 2.05) is 32.0 Å². The summed E-state index contributed by atoms with van der Waals surface area (Å²) in [5, 5.41) is 3.17. The number of carbonyl (C=O) groups excluding carboxylic acids is 1. The summed E-state index contributed by atoms with van der Waals surface area (Å²) in [5.41, 5.74) is 8.43. The molecule has 0 heterocycles. The van der Waals surface area contributed by atoms with E-state index >= 15 is 0 Å². The topological polar surface area (TPSA) is 73.6 Å². The Labute approximate surface area is 146 Å². The van der Waals surface area contributed by atoms with Crippen molar-refractivity contribution < 1.29 is 14.3 Å². The van der Waals surface area contributed by atoms with Gasteiger partial charge in [-0.05, 0) is 31.5 Å². The molecule has 0 atom stereocenters. The molecule has 0 saturated heterocycles. The van der Waals surface area contributed by atoms with Gasteiger partial charge in [-0.3, -0.25) is 4.79 Å². The quantitative estimate of drug-likeness (QED) is 0.783. The molecule has 0 aliphatic heterocycles. The molecule has 0 aliphatic rings. The third kappa shape index (κ3) is 4.11. The highest BCUT2D eigenvalue weighted by atomic mass is 35.5. The average molecular weight is 349 g/mol. The van der Waals surface area contributed by atoms with Crippen LogP contribution in [0.1, 0.15) is 28.4 Å². The van der Waals surface area contributed by atoms with Crippen LogP contribution in [0.15, 0.2) is 30.3 Å².